The molecule has 4 heteroatoms. The SMILES string of the molecule is COCCCC(=O)Cc1ccc(Br)cn1. The van der Waals surface area contributed by atoms with E-state index in [4.69, 9.17) is 4.74 Å². The van der Waals surface area contributed by atoms with Gasteiger partial charge in [-0.3, -0.25) is 9.78 Å². The van der Waals surface area contributed by atoms with Gasteiger partial charge in [0.05, 0.1) is 0 Å². The van der Waals surface area contributed by atoms with E-state index in [0.717, 1.165) is 16.6 Å². The fraction of sp³-hybridized carbons (Fsp3) is 0.455. The average molecular weight is 272 g/mol. The van der Waals surface area contributed by atoms with Gasteiger partial charge in [0.2, 0.25) is 0 Å². The van der Waals surface area contributed by atoms with Crippen molar-refractivity contribution in [2.24, 2.45) is 0 Å². The van der Waals surface area contributed by atoms with E-state index in [2.05, 4.69) is 20.9 Å². The molecule has 0 aliphatic carbocycles. The Kier molecular flexibility index (Phi) is 5.50. The first kappa shape index (κ1) is 12.3. The summed E-state index contributed by atoms with van der Waals surface area (Å²) in [4.78, 5) is 15.6. The molecule has 0 saturated carbocycles. The predicted molar refractivity (Wildman–Crippen MR) is 61.8 cm³/mol. The van der Waals surface area contributed by atoms with E-state index in [-0.39, 0.29) is 5.78 Å². The molecule has 0 aromatic carbocycles. The summed E-state index contributed by atoms with van der Waals surface area (Å²) in [6, 6.07) is 3.75. The first-order chi connectivity index (χ1) is 7.22. The molecule has 0 radical (unpaired) electrons. The Hall–Kier alpha value is -0.740. The Bertz CT molecular complexity index is 311. The van der Waals surface area contributed by atoms with Crippen LogP contribution in [0.15, 0.2) is 22.8 Å². The zero-order valence-electron chi connectivity index (χ0n) is 8.70. The second-order valence-electron chi connectivity index (χ2n) is 3.28. The van der Waals surface area contributed by atoms with Crippen LogP contribution in [0.2, 0.25) is 0 Å². The lowest BCUT2D eigenvalue weighted by Crippen LogP contribution is -2.05. The summed E-state index contributed by atoms with van der Waals surface area (Å²) >= 11 is 3.30. The number of Topliss-reactive ketones (excluding diaryl/α,β-unsaturated/α-hetero) is 1. The Morgan fingerprint density at radius 1 is 1.53 bits per heavy atom. The lowest BCUT2D eigenvalue weighted by Gasteiger charge is -2.00. The molecule has 15 heavy (non-hydrogen) atoms. The van der Waals surface area contributed by atoms with E-state index in [1.54, 1.807) is 13.3 Å². The molecule has 0 aliphatic heterocycles. The van der Waals surface area contributed by atoms with Crippen LogP contribution in [0.3, 0.4) is 0 Å². The van der Waals surface area contributed by atoms with Crippen molar-refractivity contribution in [1.82, 2.24) is 4.98 Å². The minimum absolute atomic E-state index is 0.210. The highest BCUT2D eigenvalue weighted by Crippen LogP contribution is 2.08. The van der Waals surface area contributed by atoms with Gasteiger partial charge >= 0.3 is 0 Å². The van der Waals surface area contributed by atoms with E-state index >= 15 is 0 Å². The molecule has 0 N–H and O–H groups in total. The van der Waals surface area contributed by atoms with Crippen LogP contribution in [0.5, 0.6) is 0 Å². The molecule has 1 aromatic heterocycles. The van der Waals surface area contributed by atoms with Gasteiger partial charge < -0.3 is 4.74 Å². The quantitative estimate of drug-likeness (QED) is 0.746. The molecule has 0 amide bonds. The third kappa shape index (κ3) is 5.04. The summed E-state index contributed by atoms with van der Waals surface area (Å²) in [7, 11) is 1.64. The molecule has 0 saturated heterocycles. The second kappa shape index (κ2) is 6.69. The summed E-state index contributed by atoms with van der Waals surface area (Å²) in [5, 5.41) is 0. The van der Waals surface area contributed by atoms with Crippen LogP contribution < -0.4 is 0 Å². The fourth-order valence-corrected chi connectivity index (χ4v) is 1.45. The third-order valence-corrected chi connectivity index (χ3v) is 2.44. The number of pyridine rings is 1. The summed E-state index contributed by atoms with van der Waals surface area (Å²) in [6.07, 6.45) is 3.46. The molecular formula is C11H14BrNO2. The number of ketones is 1. The van der Waals surface area contributed by atoms with Gasteiger partial charge in [-0.05, 0) is 34.5 Å². The number of rotatable bonds is 6. The van der Waals surface area contributed by atoms with Crippen LogP contribution in [0.4, 0.5) is 0 Å². The van der Waals surface area contributed by atoms with Gasteiger partial charge in [-0.15, -0.1) is 0 Å². The number of aromatic nitrogens is 1. The second-order valence-corrected chi connectivity index (χ2v) is 4.20. The van der Waals surface area contributed by atoms with Crippen molar-refractivity contribution in [3.05, 3.63) is 28.5 Å². The standard InChI is InChI=1S/C11H14BrNO2/c1-15-6-2-3-11(14)7-10-5-4-9(12)8-13-10/h4-5,8H,2-3,6-7H2,1H3. The minimum Gasteiger partial charge on any atom is -0.385 e. The molecule has 1 heterocycles. The lowest BCUT2D eigenvalue weighted by molar-refractivity contribution is -0.118. The first-order valence-corrected chi connectivity index (χ1v) is 5.62. The topological polar surface area (TPSA) is 39.2 Å². The number of methoxy groups -OCH3 is 1. The molecule has 0 unspecified atom stereocenters. The highest BCUT2D eigenvalue weighted by Gasteiger charge is 2.04. The summed E-state index contributed by atoms with van der Waals surface area (Å²) in [5.41, 5.74) is 0.820. The highest BCUT2D eigenvalue weighted by molar-refractivity contribution is 9.10. The van der Waals surface area contributed by atoms with Crippen molar-refractivity contribution < 1.29 is 9.53 Å². The monoisotopic (exact) mass is 271 g/mol. The molecule has 1 rings (SSSR count). The third-order valence-electron chi connectivity index (χ3n) is 1.97. The molecule has 1 aromatic rings. The maximum absolute atomic E-state index is 11.5. The van der Waals surface area contributed by atoms with Gasteiger partial charge in [0.15, 0.2) is 0 Å². The van der Waals surface area contributed by atoms with Gasteiger partial charge in [0.25, 0.3) is 0 Å². The Labute approximate surface area is 98.0 Å². The number of halogens is 1. The zero-order chi connectivity index (χ0) is 11.1. The normalized spacial score (nSPS) is 10.3. The van der Waals surface area contributed by atoms with Crippen LogP contribution >= 0.6 is 15.9 Å². The molecule has 0 fully saturated rings. The zero-order valence-corrected chi connectivity index (χ0v) is 10.3. The van der Waals surface area contributed by atoms with Gasteiger partial charge in [0, 0.05) is 42.9 Å². The van der Waals surface area contributed by atoms with Crippen molar-refractivity contribution in [2.45, 2.75) is 19.3 Å². The number of hydrogen-bond acceptors (Lipinski definition) is 3. The smallest absolute Gasteiger partial charge is 0.138 e. The number of nitrogens with zero attached hydrogens (tertiary/aromatic N) is 1. The van der Waals surface area contributed by atoms with Crippen molar-refractivity contribution >= 4 is 21.7 Å². The maximum Gasteiger partial charge on any atom is 0.138 e. The number of carbonyl (C=O) groups excluding carboxylic acids is 1. The Balaban J connectivity index is 2.34. The van der Waals surface area contributed by atoms with Gasteiger partial charge in [-0.1, -0.05) is 0 Å². The van der Waals surface area contributed by atoms with Crippen molar-refractivity contribution in [3.8, 4) is 0 Å². The first-order valence-electron chi connectivity index (χ1n) is 4.83. The fourth-order valence-electron chi connectivity index (χ4n) is 1.22. The van der Waals surface area contributed by atoms with Gasteiger partial charge in [0.1, 0.15) is 5.78 Å². The van der Waals surface area contributed by atoms with Crippen molar-refractivity contribution in [3.63, 3.8) is 0 Å². The van der Waals surface area contributed by atoms with E-state index in [1.807, 2.05) is 12.1 Å². The van der Waals surface area contributed by atoms with E-state index < -0.39 is 0 Å². The van der Waals surface area contributed by atoms with E-state index in [0.29, 0.717) is 19.4 Å². The summed E-state index contributed by atoms with van der Waals surface area (Å²) in [5.74, 6) is 0.210. The van der Waals surface area contributed by atoms with Gasteiger partial charge in [-0.2, -0.15) is 0 Å². The number of carbonyl (C=O) groups is 1. The van der Waals surface area contributed by atoms with Crippen LogP contribution in [0.1, 0.15) is 18.5 Å². The lowest BCUT2D eigenvalue weighted by atomic mass is 10.1. The molecule has 0 spiro atoms. The van der Waals surface area contributed by atoms with E-state index in [1.165, 1.54) is 0 Å². The number of hydrogen-bond donors (Lipinski definition) is 0. The van der Waals surface area contributed by atoms with E-state index in [9.17, 15) is 4.79 Å². The molecule has 0 atom stereocenters. The van der Waals surface area contributed by atoms with Crippen LogP contribution in [0.25, 0.3) is 0 Å². The average Bonchev–Trinajstić information content (AvgIpc) is 2.22. The molecule has 0 aliphatic rings. The van der Waals surface area contributed by atoms with Gasteiger partial charge in [-0.25, -0.2) is 0 Å². The largest absolute Gasteiger partial charge is 0.385 e. The summed E-state index contributed by atoms with van der Waals surface area (Å²) < 4.78 is 5.81. The van der Waals surface area contributed by atoms with Crippen molar-refractivity contribution in [2.75, 3.05) is 13.7 Å². The van der Waals surface area contributed by atoms with Crippen molar-refractivity contribution in [1.29, 1.82) is 0 Å². The molecular weight excluding hydrogens is 258 g/mol. The molecule has 82 valence electrons. The molecule has 0 bridgehead atoms. The number of ether oxygens (including phenoxy) is 1. The van der Waals surface area contributed by atoms with Crippen LogP contribution in [-0.2, 0) is 16.0 Å². The Morgan fingerprint density at radius 3 is 2.93 bits per heavy atom. The summed E-state index contributed by atoms with van der Waals surface area (Å²) in [6.45, 7) is 0.638. The predicted octanol–water partition coefficient (Wildman–Crippen LogP) is 2.38. The minimum atomic E-state index is 0.210. The van der Waals surface area contributed by atoms with Crippen LogP contribution in [0, 0.1) is 0 Å². The maximum atomic E-state index is 11.5. The van der Waals surface area contributed by atoms with Crippen LogP contribution in [-0.4, -0.2) is 24.5 Å². The highest BCUT2D eigenvalue weighted by atomic mass is 79.9. The molecule has 3 nitrogen and oxygen atoms in total. The Morgan fingerprint density at radius 2 is 2.33 bits per heavy atom.